The highest BCUT2D eigenvalue weighted by molar-refractivity contribution is 5.97. The van der Waals surface area contributed by atoms with Crippen LogP contribution in [0.15, 0.2) is 18.2 Å². The van der Waals surface area contributed by atoms with Gasteiger partial charge in [-0.2, -0.15) is 0 Å². The molecule has 0 heterocycles. The summed E-state index contributed by atoms with van der Waals surface area (Å²) in [6.07, 6.45) is 1.04. The highest BCUT2D eigenvalue weighted by atomic mass is 16.1. The minimum absolute atomic E-state index is 0.173. The zero-order valence-corrected chi connectivity index (χ0v) is 10.6. The summed E-state index contributed by atoms with van der Waals surface area (Å²) in [5.41, 5.74) is 3.10. The summed E-state index contributed by atoms with van der Waals surface area (Å²) in [7, 11) is 0. The number of rotatable bonds is 5. The highest BCUT2D eigenvalue weighted by Crippen LogP contribution is 2.09. The van der Waals surface area contributed by atoms with Crippen LogP contribution >= 0.6 is 0 Å². The molecular weight excluding hydrogens is 198 g/mol. The van der Waals surface area contributed by atoms with Crippen molar-refractivity contribution in [3.8, 4) is 0 Å². The molecule has 1 N–H and O–H groups in total. The monoisotopic (exact) mass is 219 g/mol. The van der Waals surface area contributed by atoms with E-state index in [2.05, 4.69) is 25.2 Å². The molecular formula is C14H21NO. The van der Waals surface area contributed by atoms with Crippen molar-refractivity contribution >= 4 is 5.78 Å². The molecule has 0 bridgehead atoms. The van der Waals surface area contributed by atoms with Crippen LogP contribution in [0, 0.1) is 13.8 Å². The molecule has 0 spiro atoms. The molecule has 0 radical (unpaired) electrons. The minimum atomic E-state index is 0.173. The fourth-order valence-corrected chi connectivity index (χ4v) is 1.65. The van der Waals surface area contributed by atoms with Crippen molar-refractivity contribution in [2.45, 2.75) is 40.2 Å². The number of carbonyl (C=O) groups is 1. The lowest BCUT2D eigenvalue weighted by molar-refractivity contribution is 0.0987. The number of nitrogens with one attached hydrogen (secondary N) is 1. The predicted molar refractivity (Wildman–Crippen MR) is 68.0 cm³/mol. The Morgan fingerprint density at radius 1 is 1.25 bits per heavy atom. The van der Waals surface area contributed by atoms with E-state index in [0.717, 1.165) is 23.1 Å². The van der Waals surface area contributed by atoms with Gasteiger partial charge in [-0.1, -0.05) is 24.1 Å². The van der Waals surface area contributed by atoms with Gasteiger partial charge >= 0.3 is 0 Å². The molecule has 1 unspecified atom stereocenters. The number of hydrogen-bond acceptors (Lipinski definition) is 2. The lowest BCUT2D eigenvalue weighted by atomic mass is 10.0. The van der Waals surface area contributed by atoms with E-state index in [4.69, 9.17) is 0 Å². The largest absolute Gasteiger partial charge is 0.307 e. The molecule has 0 aliphatic rings. The van der Waals surface area contributed by atoms with Crippen molar-refractivity contribution in [2.75, 3.05) is 6.54 Å². The fraction of sp³-hybridized carbons (Fsp3) is 0.500. The number of aryl methyl sites for hydroxylation is 2. The van der Waals surface area contributed by atoms with E-state index in [1.54, 1.807) is 0 Å². The van der Waals surface area contributed by atoms with Crippen molar-refractivity contribution < 1.29 is 4.79 Å². The highest BCUT2D eigenvalue weighted by Gasteiger charge is 2.07. The number of benzene rings is 1. The molecule has 0 aliphatic carbocycles. The first-order valence-electron chi connectivity index (χ1n) is 5.87. The average molecular weight is 219 g/mol. The number of hydrogen-bond donors (Lipinski definition) is 1. The zero-order chi connectivity index (χ0) is 12.1. The zero-order valence-electron chi connectivity index (χ0n) is 10.6. The maximum atomic E-state index is 11.9. The first kappa shape index (κ1) is 12.9. The first-order chi connectivity index (χ1) is 7.52. The molecule has 0 amide bonds. The Bertz CT molecular complexity index is 351. The quantitative estimate of drug-likeness (QED) is 0.771. The van der Waals surface area contributed by atoms with Gasteiger partial charge in [-0.15, -0.1) is 0 Å². The van der Waals surface area contributed by atoms with Gasteiger partial charge in [0.25, 0.3) is 0 Å². The molecule has 0 saturated heterocycles. The van der Waals surface area contributed by atoms with E-state index in [-0.39, 0.29) is 5.78 Å². The molecule has 2 nitrogen and oxygen atoms in total. The maximum Gasteiger partial charge on any atom is 0.176 e. The smallest absolute Gasteiger partial charge is 0.176 e. The number of ketones is 1. The molecule has 1 aromatic rings. The normalized spacial score (nSPS) is 12.5. The Balaban J connectivity index is 2.66. The lowest BCUT2D eigenvalue weighted by Crippen LogP contribution is -2.30. The molecule has 0 fully saturated rings. The SMILES string of the molecule is CCC(C)NCC(=O)c1cc(C)cc(C)c1. The van der Waals surface area contributed by atoms with E-state index in [9.17, 15) is 4.79 Å². The number of Topliss-reactive ketones (excluding diaryl/α,β-unsaturated/α-hetero) is 1. The van der Waals surface area contributed by atoms with Crippen molar-refractivity contribution in [1.29, 1.82) is 0 Å². The predicted octanol–water partition coefficient (Wildman–Crippen LogP) is 2.87. The van der Waals surface area contributed by atoms with Gasteiger partial charge in [0.2, 0.25) is 0 Å². The van der Waals surface area contributed by atoms with E-state index in [1.165, 1.54) is 0 Å². The Morgan fingerprint density at radius 2 is 1.81 bits per heavy atom. The second-order valence-corrected chi connectivity index (χ2v) is 4.49. The van der Waals surface area contributed by atoms with Crippen LogP contribution in [0.4, 0.5) is 0 Å². The molecule has 1 aromatic carbocycles. The average Bonchev–Trinajstić information content (AvgIpc) is 2.23. The van der Waals surface area contributed by atoms with Gasteiger partial charge in [-0.3, -0.25) is 4.79 Å². The van der Waals surface area contributed by atoms with Crippen molar-refractivity contribution in [3.63, 3.8) is 0 Å². The summed E-state index contributed by atoms with van der Waals surface area (Å²) in [5.74, 6) is 0.173. The summed E-state index contributed by atoms with van der Waals surface area (Å²) in [6.45, 7) is 8.67. The van der Waals surface area contributed by atoms with Crippen molar-refractivity contribution in [3.05, 3.63) is 34.9 Å². The van der Waals surface area contributed by atoms with Crippen LogP contribution < -0.4 is 5.32 Å². The molecule has 1 rings (SSSR count). The molecule has 0 aliphatic heterocycles. The Hall–Kier alpha value is -1.15. The molecule has 1 atom stereocenters. The standard InChI is InChI=1S/C14H21NO/c1-5-12(4)15-9-14(16)13-7-10(2)6-11(3)8-13/h6-8,12,15H,5,9H2,1-4H3. The first-order valence-corrected chi connectivity index (χ1v) is 5.87. The van der Waals surface area contributed by atoms with E-state index in [1.807, 2.05) is 26.0 Å². The number of carbonyl (C=O) groups excluding carboxylic acids is 1. The lowest BCUT2D eigenvalue weighted by Gasteiger charge is -2.10. The van der Waals surface area contributed by atoms with Gasteiger partial charge in [-0.25, -0.2) is 0 Å². The van der Waals surface area contributed by atoms with Gasteiger partial charge in [0.05, 0.1) is 6.54 Å². The van der Waals surface area contributed by atoms with E-state index < -0.39 is 0 Å². The third-order valence-corrected chi connectivity index (χ3v) is 2.77. The van der Waals surface area contributed by atoms with E-state index >= 15 is 0 Å². The van der Waals surface area contributed by atoms with Crippen LogP contribution in [0.3, 0.4) is 0 Å². The van der Waals surface area contributed by atoms with Crippen LogP contribution in [0.5, 0.6) is 0 Å². The third-order valence-electron chi connectivity index (χ3n) is 2.77. The molecule has 2 heteroatoms. The Labute approximate surface area is 98.1 Å². The molecule has 16 heavy (non-hydrogen) atoms. The maximum absolute atomic E-state index is 11.9. The molecule has 88 valence electrons. The second kappa shape index (κ2) is 5.80. The van der Waals surface area contributed by atoms with Crippen molar-refractivity contribution in [1.82, 2.24) is 5.32 Å². The van der Waals surface area contributed by atoms with Gasteiger partial charge in [-0.05, 0) is 39.3 Å². The summed E-state index contributed by atoms with van der Waals surface area (Å²) in [5, 5.41) is 3.22. The van der Waals surface area contributed by atoms with Crippen LogP contribution in [0.2, 0.25) is 0 Å². The van der Waals surface area contributed by atoms with Crippen LogP contribution in [0.25, 0.3) is 0 Å². The van der Waals surface area contributed by atoms with Crippen LogP contribution in [-0.2, 0) is 0 Å². The van der Waals surface area contributed by atoms with Gasteiger partial charge in [0.15, 0.2) is 5.78 Å². The molecule has 0 saturated carbocycles. The second-order valence-electron chi connectivity index (χ2n) is 4.49. The summed E-state index contributed by atoms with van der Waals surface area (Å²) in [6, 6.07) is 6.38. The fourth-order valence-electron chi connectivity index (χ4n) is 1.65. The van der Waals surface area contributed by atoms with Gasteiger partial charge in [0, 0.05) is 11.6 Å². The summed E-state index contributed by atoms with van der Waals surface area (Å²) in [4.78, 5) is 11.9. The Kier molecular flexibility index (Phi) is 4.69. The van der Waals surface area contributed by atoms with Crippen molar-refractivity contribution in [2.24, 2.45) is 0 Å². The van der Waals surface area contributed by atoms with E-state index in [0.29, 0.717) is 12.6 Å². The minimum Gasteiger partial charge on any atom is -0.307 e. The van der Waals surface area contributed by atoms with Gasteiger partial charge < -0.3 is 5.32 Å². The summed E-state index contributed by atoms with van der Waals surface area (Å²) >= 11 is 0. The Morgan fingerprint density at radius 3 is 2.31 bits per heavy atom. The molecule has 0 aromatic heterocycles. The topological polar surface area (TPSA) is 29.1 Å². The van der Waals surface area contributed by atoms with Crippen LogP contribution in [0.1, 0.15) is 41.8 Å². The third kappa shape index (κ3) is 3.78. The summed E-state index contributed by atoms with van der Waals surface area (Å²) < 4.78 is 0. The van der Waals surface area contributed by atoms with Crippen LogP contribution in [-0.4, -0.2) is 18.4 Å². The van der Waals surface area contributed by atoms with Gasteiger partial charge in [0.1, 0.15) is 0 Å².